The van der Waals surface area contributed by atoms with Crippen molar-refractivity contribution in [3.8, 4) is 0 Å². The van der Waals surface area contributed by atoms with Gasteiger partial charge in [0.05, 0.1) is 0 Å². The Morgan fingerprint density at radius 3 is 2.36 bits per heavy atom. The van der Waals surface area contributed by atoms with Crippen LogP contribution in [0.1, 0.15) is 43.2 Å². The van der Waals surface area contributed by atoms with Crippen LogP contribution in [0.3, 0.4) is 0 Å². The summed E-state index contributed by atoms with van der Waals surface area (Å²) in [7, 11) is 0. The van der Waals surface area contributed by atoms with Crippen LogP contribution >= 0.6 is 0 Å². The molecule has 4 rings (SSSR count). The lowest BCUT2D eigenvalue weighted by molar-refractivity contribution is -0.142. The maximum atomic E-state index is 13.2. The van der Waals surface area contributed by atoms with Crippen molar-refractivity contribution in [1.29, 1.82) is 0 Å². The number of aryl methyl sites for hydroxylation is 1. The van der Waals surface area contributed by atoms with Crippen molar-refractivity contribution in [3.05, 3.63) is 101 Å². The molecule has 2 heterocycles. The maximum absolute atomic E-state index is 13.2. The van der Waals surface area contributed by atoms with Gasteiger partial charge < -0.3 is 9.30 Å². The first kappa shape index (κ1) is 22.2. The smallest absolute Gasteiger partial charge is 0.326 e. The number of esters is 1. The number of ether oxygens (including phenoxy) is 1. The summed E-state index contributed by atoms with van der Waals surface area (Å²) in [6, 6.07) is 14.9. The zero-order chi connectivity index (χ0) is 23.7. The lowest BCUT2D eigenvalue weighted by Gasteiger charge is -2.16. The first-order chi connectivity index (χ1) is 15.8. The molecule has 2 aromatic carbocycles. The number of rotatable bonds is 7. The summed E-state index contributed by atoms with van der Waals surface area (Å²) >= 11 is 0. The zero-order valence-corrected chi connectivity index (χ0v) is 18.4. The molecule has 0 saturated heterocycles. The summed E-state index contributed by atoms with van der Waals surface area (Å²) in [6.07, 6.45) is 0. The van der Waals surface area contributed by atoms with Crippen LogP contribution in [-0.4, -0.2) is 40.3 Å². The van der Waals surface area contributed by atoms with E-state index in [2.05, 4.69) is 6.58 Å². The Labute approximate surface area is 190 Å². The fourth-order valence-electron chi connectivity index (χ4n) is 4.00. The van der Waals surface area contributed by atoms with Gasteiger partial charge in [0.25, 0.3) is 5.91 Å². The number of hydrogen-bond donors (Lipinski definition) is 0. The molecule has 1 aromatic heterocycles. The first-order valence-corrected chi connectivity index (χ1v) is 10.5. The van der Waals surface area contributed by atoms with E-state index in [1.165, 1.54) is 17.0 Å². The van der Waals surface area contributed by atoms with E-state index in [0.717, 1.165) is 17.0 Å². The Morgan fingerprint density at radius 2 is 1.70 bits per heavy atom. The van der Waals surface area contributed by atoms with E-state index < -0.39 is 12.6 Å². The van der Waals surface area contributed by atoms with Crippen molar-refractivity contribution in [3.63, 3.8) is 0 Å². The van der Waals surface area contributed by atoms with E-state index in [0.29, 0.717) is 28.9 Å². The van der Waals surface area contributed by atoms with Crippen LogP contribution < -0.4 is 0 Å². The molecule has 7 heteroatoms. The van der Waals surface area contributed by atoms with Crippen LogP contribution in [-0.2, 0) is 16.1 Å². The molecular formula is C26H23FN2O4. The minimum Gasteiger partial charge on any atom is -0.456 e. The quantitative estimate of drug-likeness (QED) is 0.404. The highest BCUT2D eigenvalue weighted by molar-refractivity contribution is 6.10. The predicted octanol–water partition coefficient (Wildman–Crippen LogP) is 4.14. The second-order valence-electron chi connectivity index (χ2n) is 7.96. The van der Waals surface area contributed by atoms with Gasteiger partial charge in [-0.05, 0) is 43.7 Å². The number of carbonyl (C=O) groups is 3. The molecule has 0 saturated carbocycles. The Kier molecular flexibility index (Phi) is 5.96. The average molecular weight is 446 g/mol. The van der Waals surface area contributed by atoms with Gasteiger partial charge >= 0.3 is 5.97 Å². The molecule has 168 valence electrons. The normalized spacial score (nSPS) is 12.8. The van der Waals surface area contributed by atoms with Crippen LogP contribution in [0, 0.1) is 19.7 Å². The van der Waals surface area contributed by atoms with Crippen molar-refractivity contribution in [1.82, 2.24) is 9.47 Å². The number of hydrogen-bond acceptors (Lipinski definition) is 4. The standard InChI is InChI=1S/C26H23FN2O4/c1-16-12-23(18(3)28(16)13-19-8-10-20(27)11-9-19)24(30)15-33-25(31)14-29-17(2)21-6-4-5-7-22(21)26(29)32/h4-12H,2,13-15H2,1,3H3. The van der Waals surface area contributed by atoms with Crippen LogP contribution in [0.5, 0.6) is 0 Å². The summed E-state index contributed by atoms with van der Waals surface area (Å²) in [6.45, 7) is 7.33. The van der Waals surface area contributed by atoms with Crippen molar-refractivity contribution in [2.45, 2.75) is 20.4 Å². The summed E-state index contributed by atoms with van der Waals surface area (Å²) in [5.74, 6) is -1.65. The Balaban J connectivity index is 1.38. The molecule has 0 radical (unpaired) electrons. The number of aromatic nitrogens is 1. The molecule has 0 N–H and O–H groups in total. The van der Waals surface area contributed by atoms with E-state index in [1.807, 2.05) is 18.4 Å². The van der Waals surface area contributed by atoms with Gasteiger partial charge in [0.2, 0.25) is 5.78 Å². The highest BCUT2D eigenvalue weighted by Gasteiger charge is 2.32. The van der Waals surface area contributed by atoms with Gasteiger partial charge in [-0.25, -0.2) is 4.39 Å². The SMILES string of the molecule is C=C1c2ccccc2C(=O)N1CC(=O)OCC(=O)c1cc(C)n(Cc2ccc(F)cc2)c1C. The fraction of sp³-hybridized carbons (Fsp3) is 0.192. The molecule has 1 aliphatic heterocycles. The van der Waals surface area contributed by atoms with Gasteiger partial charge in [-0.15, -0.1) is 0 Å². The Bertz CT molecular complexity index is 1240. The summed E-state index contributed by atoms with van der Waals surface area (Å²) in [5.41, 5.74) is 4.56. The molecule has 0 unspecified atom stereocenters. The topological polar surface area (TPSA) is 68.6 Å². The number of halogens is 1. The molecule has 3 aromatic rings. The van der Waals surface area contributed by atoms with Crippen molar-refractivity contribution < 1.29 is 23.5 Å². The highest BCUT2D eigenvalue weighted by Crippen LogP contribution is 2.30. The average Bonchev–Trinajstić information content (AvgIpc) is 3.22. The van der Waals surface area contributed by atoms with E-state index in [-0.39, 0.29) is 24.1 Å². The molecule has 1 amide bonds. The minimum absolute atomic E-state index is 0.305. The predicted molar refractivity (Wildman–Crippen MR) is 121 cm³/mol. The molecule has 0 bridgehead atoms. The number of Topliss-reactive ketones (excluding diaryl/α,β-unsaturated/α-hetero) is 1. The van der Waals surface area contributed by atoms with E-state index in [4.69, 9.17) is 4.74 Å². The molecular weight excluding hydrogens is 423 g/mol. The maximum Gasteiger partial charge on any atom is 0.326 e. The molecule has 0 aliphatic carbocycles. The van der Waals surface area contributed by atoms with Crippen LogP contribution in [0.4, 0.5) is 4.39 Å². The molecule has 33 heavy (non-hydrogen) atoms. The molecule has 6 nitrogen and oxygen atoms in total. The molecule has 0 fully saturated rings. The first-order valence-electron chi connectivity index (χ1n) is 10.5. The van der Waals surface area contributed by atoms with Gasteiger partial charge in [-0.1, -0.05) is 36.9 Å². The third-order valence-electron chi connectivity index (χ3n) is 5.82. The van der Waals surface area contributed by atoms with Crippen LogP contribution in [0.15, 0.2) is 61.2 Å². The van der Waals surface area contributed by atoms with E-state index in [9.17, 15) is 18.8 Å². The summed E-state index contributed by atoms with van der Waals surface area (Å²) in [5, 5.41) is 0. The van der Waals surface area contributed by atoms with Crippen molar-refractivity contribution in [2.75, 3.05) is 13.2 Å². The lowest BCUT2D eigenvalue weighted by Crippen LogP contribution is -2.31. The van der Waals surface area contributed by atoms with Gasteiger partial charge in [-0.2, -0.15) is 0 Å². The number of nitrogens with zero attached hydrogens (tertiary/aromatic N) is 2. The summed E-state index contributed by atoms with van der Waals surface area (Å²) in [4.78, 5) is 38.9. The largest absolute Gasteiger partial charge is 0.456 e. The van der Waals surface area contributed by atoms with Crippen LogP contribution in [0.2, 0.25) is 0 Å². The van der Waals surface area contributed by atoms with E-state index >= 15 is 0 Å². The number of benzene rings is 2. The Hall–Kier alpha value is -4.00. The number of fused-ring (bicyclic) bond motifs is 1. The highest BCUT2D eigenvalue weighted by atomic mass is 19.1. The third kappa shape index (κ3) is 4.35. The molecule has 1 aliphatic rings. The molecule has 0 spiro atoms. The monoisotopic (exact) mass is 446 g/mol. The lowest BCUT2D eigenvalue weighted by atomic mass is 10.1. The van der Waals surface area contributed by atoms with Crippen LogP contribution in [0.25, 0.3) is 5.70 Å². The second kappa shape index (κ2) is 8.86. The second-order valence-corrected chi connectivity index (χ2v) is 7.96. The molecule has 0 atom stereocenters. The minimum atomic E-state index is -0.689. The summed E-state index contributed by atoms with van der Waals surface area (Å²) < 4.78 is 20.3. The van der Waals surface area contributed by atoms with Crippen molar-refractivity contribution in [2.24, 2.45) is 0 Å². The fourth-order valence-corrected chi connectivity index (χ4v) is 4.00. The van der Waals surface area contributed by atoms with Gasteiger partial charge in [0.15, 0.2) is 6.61 Å². The zero-order valence-electron chi connectivity index (χ0n) is 18.4. The van der Waals surface area contributed by atoms with E-state index in [1.54, 1.807) is 42.5 Å². The number of amides is 1. The third-order valence-corrected chi connectivity index (χ3v) is 5.82. The number of ketones is 1. The van der Waals surface area contributed by atoms with Gasteiger partial charge in [0.1, 0.15) is 12.4 Å². The Morgan fingerprint density at radius 1 is 1.03 bits per heavy atom. The van der Waals surface area contributed by atoms with Gasteiger partial charge in [0, 0.05) is 40.3 Å². The van der Waals surface area contributed by atoms with Crippen molar-refractivity contribution >= 4 is 23.4 Å². The number of carbonyl (C=O) groups excluding carboxylic acids is 3. The van der Waals surface area contributed by atoms with Gasteiger partial charge in [-0.3, -0.25) is 19.3 Å².